The second-order valence-electron chi connectivity index (χ2n) is 3.86. The van der Waals surface area contributed by atoms with Gasteiger partial charge in [0.2, 0.25) is 0 Å². The first-order valence-corrected chi connectivity index (χ1v) is 6.28. The number of nitro benzene ring substituents is 1. The maximum atomic E-state index is 13.7. The molecule has 0 atom stereocenters. The third-order valence-corrected chi connectivity index (χ3v) is 3.14. The highest BCUT2D eigenvalue weighted by Gasteiger charge is 2.14. The minimum absolute atomic E-state index is 0.0864. The summed E-state index contributed by atoms with van der Waals surface area (Å²) in [5.74, 6) is -1.29. The molecule has 0 aliphatic carbocycles. The van der Waals surface area contributed by atoms with E-state index in [0.29, 0.717) is 5.69 Å². The molecule has 0 bridgehead atoms. The highest BCUT2D eigenvalue weighted by atomic mass is 79.9. The molecular formula is C13H8BrFN2O3. The summed E-state index contributed by atoms with van der Waals surface area (Å²) in [6.07, 6.45) is 0. The van der Waals surface area contributed by atoms with E-state index in [0.717, 1.165) is 0 Å². The Kier molecular flexibility index (Phi) is 4.09. The van der Waals surface area contributed by atoms with Crippen LogP contribution >= 0.6 is 15.9 Å². The maximum Gasteiger partial charge on any atom is 0.269 e. The molecule has 0 aromatic heterocycles. The minimum Gasteiger partial charge on any atom is -0.322 e. The number of nitrogens with zero attached hydrogens (tertiary/aromatic N) is 1. The van der Waals surface area contributed by atoms with Gasteiger partial charge in [0.05, 0.1) is 15.0 Å². The van der Waals surface area contributed by atoms with Gasteiger partial charge in [-0.25, -0.2) is 4.39 Å². The molecule has 0 aliphatic heterocycles. The van der Waals surface area contributed by atoms with Gasteiger partial charge in [-0.1, -0.05) is 6.07 Å². The Bertz CT molecular complexity index is 674. The Balaban J connectivity index is 2.19. The van der Waals surface area contributed by atoms with E-state index in [2.05, 4.69) is 21.2 Å². The van der Waals surface area contributed by atoms with Gasteiger partial charge in [-0.3, -0.25) is 14.9 Å². The molecule has 7 heteroatoms. The summed E-state index contributed by atoms with van der Waals surface area (Å²) >= 11 is 3.00. The average molecular weight is 339 g/mol. The topological polar surface area (TPSA) is 72.2 Å². The second-order valence-corrected chi connectivity index (χ2v) is 4.71. The molecule has 2 rings (SSSR count). The van der Waals surface area contributed by atoms with Crippen molar-refractivity contribution in [2.75, 3.05) is 5.32 Å². The Morgan fingerprint density at radius 1 is 1.20 bits per heavy atom. The molecule has 0 spiro atoms. The molecule has 0 radical (unpaired) electrons. The van der Waals surface area contributed by atoms with Crippen LogP contribution < -0.4 is 5.32 Å². The van der Waals surface area contributed by atoms with Crippen LogP contribution in [-0.4, -0.2) is 10.8 Å². The standard InChI is InChI=1S/C13H8BrFN2O3/c14-11-3-1-2-10(12(11)15)13(18)16-8-4-6-9(7-5-8)17(19)20/h1-7H,(H,16,18). The molecule has 102 valence electrons. The quantitative estimate of drug-likeness (QED) is 0.684. The van der Waals surface area contributed by atoms with Crippen LogP contribution in [0.4, 0.5) is 15.8 Å². The molecule has 2 aromatic carbocycles. The van der Waals surface area contributed by atoms with Crippen molar-refractivity contribution in [2.24, 2.45) is 0 Å². The van der Waals surface area contributed by atoms with E-state index in [9.17, 15) is 19.3 Å². The highest BCUT2D eigenvalue weighted by molar-refractivity contribution is 9.10. The molecule has 0 fully saturated rings. The molecule has 2 aromatic rings. The molecule has 1 amide bonds. The summed E-state index contributed by atoms with van der Waals surface area (Å²) in [7, 11) is 0. The summed E-state index contributed by atoms with van der Waals surface area (Å²) in [4.78, 5) is 21.9. The first-order valence-electron chi connectivity index (χ1n) is 5.49. The average Bonchev–Trinajstić information content (AvgIpc) is 2.42. The van der Waals surface area contributed by atoms with Crippen LogP contribution in [-0.2, 0) is 0 Å². The van der Waals surface area contributed by atoms with Crippen LogP contribution in [0.2, 0.25) is 0 Å². The van der Waals surface area contributed by atoms with Crippen molar-refractivity contribution < 1.29 is 14.1 Å². The first kappa shape index (κ1) is 14.1. The SMILES string of the molecule is O=C(Nc1ccc([N+](=O)[O-])cc1)c1cccc(Br)c1F. The number of hydrogen-bond donors (Lipinski definition) is 1. The fourth-order valence-corrected chi connectivity index (χ4v) is 1.91. The minimum atomic E-state index is -0.660. The van der Waals surface area contributed by atoms with Crippen LogP contribution in [0.1, 0.15) is 10.4 Å². The summed E-state index contributed by atoms with van der Waals surface area (Å²) in [5, 5.41) is 13.0. The number of hydrogen-bond acceptors (Lipinski definition) is 3. The zero-order valence-corrected chi connectivity index (χ0v) is 11.6. The lowest BCUT2D eigenvalue weighted by Gasteiger charge is -2.06. The number of amides is 1. The van der Waals surface area contributed by atoms with Crippen molar-refractivity contribution in [3.8, 4) is 0 Å². The van der Waals surface area contributed by atoms with Crippen LogP contribution in [0, 0.1) is 15.9 Å². The Hall–Kier alpha value is -2.28. The van der Waals surface area contributed by atoms with Crippen LogP contribution in [0.25, 0.3) is 0 Å². The second kappa shape index (κ2) is 5.79. The first-order chi connectivity index (χ1) is 9.49. The smallest absolute Gasteiger partial charge is 0.269 e. The molecule has 0 unspecified atom stereocenters. The van der Waals surface area contributed by atoms with E-state index in [1.54, 1.807) is 0 Å². The Labute approximate surface area is 121 Å². The molecular weight excluding hydrogens is 331 g/mol. The molecule has 20 heavy (non-hydrogen) atoms. The van der Waals surface area contributed by atoms with Gasteiger partial charge in [0.1, 0.15) is 5.82 Å². The number of non-ortho nitro benzene ring substituents is 1. The van der Waals surface area contributed by atoms with Gasteiger partial charge in [0, 0.05) is 17.8 Å². The monoisotopic (exact) mass is 338 g/mol. The molecule has 0 saturated heterocycles. The number of anilines is 1. The number of nitrogens with one attached hydrogen (secondary N) is 1. The van der Waals surface area contributed by atoms with Gasteiger partial charge in [-0.05, 0) is 40.2 Å². The lowest BCUT2D eigenvalue weighted by Crippen LogP contribution is -2.13. The molecule has 1 N–H and O–H groups in total. The van der Waals surface area contributed by atoms with E-state index < -0.39 is 16.6 Å². The van der Waals surface area contributed by atoms with Crippen LogP contribution in [0.5, 0.6) is 0 Å². The van der Waals surface area contributed by atoms with Gasteiger partial charge >= 0.3 is 0 Å². The van der Waals surface area contributed by atoms with Crippen molar-refractivity contribution in [3.63, 3.8) is 0 Å². The van der Waals surface area contributed by atoms with Gasteiger partial charge in [-0.15, -0.1) is 0 Å². The van der Waals surface area contributed by atoms with Crippen molar-refractivity contribution in [1.82, 2.24) is 0 Å². The maximum absolute atomic E-state index is 13.7. The van der Waals surface area contributed by atoms with Crippen molar-refractivity contribution in [2.45, 2.75) is 0 Å². The zero-order valence-electron chi connectivity index (χ0n) is 9.97. The predicted molar refractivity (Wildman–Crippen MR) is 75.1 cm³/mol. The molecule has 0 saturated carbocycles. The number of carbonyl (C=O) groups is 1. The van der Waals surface area contributed by atoms with E-state index in [-0.39, 0.29) is 15.7 Å². The summed E-state index contributed by atoms with van der Waals surface area (Å²) in [6, 6.07) is 9.65. The number of rotatable bonds is 3. The Morgan fingerprint density at radius 2 is 1.85 bits per heavy atom. The number of benzene rings is 2. The fraction of sp³-hybridized carbons (Fsp3) is 0. The lowest BCUT2D eigenvalue weighted by molar-refractivity contribution is -0.384. The van der Waals surface area contributed by atoms with E-state index in [1.165, 1.54) is 42.5 Å². The Morgan fingerprint density at radius 3 is 2.45 bits per heavy atom. The summed E-state index contributed by atoms with van der Waals surface area (Å²) in [5.41, 5.74) is 0.148. The molecule has 0 heterocycles. The van der Waals surface area contributed by atoms with Crippen molar-refractivity contribution in [3.05, 3.63) is 68.4 Å². The van der Waals surface area contributed by atoms with Crippen molar-refractivity contribution in [1.29, 1.82) is 0 Å². The van der Waals surface area contributed by atoms with E-state index in [1.807, 2.05) is 0 Å². The van der Waals surface area contributed by atoms with E-state index in [4.69, 9.17) is 0 Å². The van der Waals surface area contributed by atoms with Gasteiger partial charge in [-0.2, -0.15) is 0 Å². The number of halogens is 2. The normalized spacial score (nSPS) is 10.1. The largest absolute Gasteiger partial charge is 0.322 e. The zero-order chi connectivity index (χ0) is 14.7. The third-order valence-electron chi connectivity index (χ3n) is 2.53. The fourth-order valence-electron chi connectivity index (χ4n) is 1.54. The predicted octanol–water partition coefficient (Wildman–Crippen LogP) is 3.75. The lowest BCUT2D eigenvalue weighted by atomic mass is 10.2. The highest BCUT2D eigenvalue weighted by Crippen LogP contribution is 2.20. The molecule has 5 nitrogen and oxygen atoms in total. The van der Waals surface area contributed by atoms with Gasteiger partial charge in [0.25, 0.3) is 11.6 Å². The van der Waals surface area contributed by atoms with Crippen molar-refractivity contribution >= 4 is 33.2 Å². The van der Waals surface area contributed by atoms with Crippen LogP contribution in [0.3, 0.4) is 0 Å². The number of nitro groups is 1. The number of carbonyl (C=O) groups excluding carboxylic acids is 1. The summed E-state index contributed by atoms with van der Waals surface area (Å²) < 4.78 is 13.9. The summed E-state index contributed by atoms with van der Waals surface area (Å²) in [6.45, 7) is 0. The van der Waals surface area contributed by atoms with Gasteiger partial charge < -0.3 is 5.32 Å². The van der Waals surface area contributed by atoms with E-state index >= 15 is 0 Å². The van der Waals surface area contributed by atoms with Gasteiger partial charge in [0.15, 0.2) is 0 Å². The van der Waals surface area contributed by atoms with Crippen LogP contribution in [0.15, 0.2) is 46.9 Å². The third kappa shape index (κ3) is 3.00. The molecule has 0 aliphatic rings.